The molecule has 1 saturated heterocycles. The fraction of sp³-hybridized carbons (Fsp3) is 0.429. The van der Waals surface area contributed by atoms with Crippen molar-refractivity contribution in [2.75, 3.05) is 37.0 Å². The van der Waals surface area contributed by atoms with Crippen molar-refractivity contribution in [3.8, 4) is 0 Å². The fourth-order valence-electron chi connectivity index (χ4n) is 3.41. The first-order valence-corrected chi connectivity index (χ1v) is 10.8. The van der Waals surface area contributed by atoms with Crippen LogP contribution >= 0.6 is 23.6 Å². The van der Waals surface area contributed by atoms with E-state index in [-0.39, 0.29) is 5.97 Å². The Hall–Kier alpha value is -2.12. The number of thiophene rings is 1. The Balaban J connectivity index is 1.67. The number of methoxy groups -OCH3 is 1. The molecule has 1 aliphatic rings. The van der Waals surface area contributed by atoms with Crippen molar-refractivity contribution in [2.45, 2.75) is 33.2 Å². The van der Waals surface area contributed by atoms with E-state index in [4.69, 9.17) is 17.0 Å². The number of piperazine rings is 1. The highest BCUT2D eigenvalue weighted by molar-refractivity contribution is 7.80. The van der Waals surface area contributed by atoms with Crippen molar-refractivity contribution in [3.05, 3.63) is 46.3 Å². The number of hydrogen-bond donors (Lipinski definition) is 1. The first-order valence-electron chi connectivity index (χ1n) is 9.53. The van der Waals surface area contributed by atoms with Gasteiger partial charge in [0.05, 0.1) is 12.7 Å². The van der Waals surface area contributed by atoms with Gasteiger partial charge in [-0.1, -0.05) is 24.6 Å². The Morgan fingerprint density at radius 1 is 1.32 bits per heavy atom. The monoisotopic (exact) mass is 417 g/mol. The summed E-state index contributed by atoms with van der Waals surface area (Å²) in [7, 11) is 1.40. The molecule has 1 fully saturated rings. The van der Waals surface area contributed by atoms with Gasteiger partial charge in [-0.15, -0.1) is 11.3 Å². The van der Waals surface area contributed by atoms with Gasteiger partial charge in [0.15, 0.2) is 5.11 Å². The van der Waals surface area contributed by atoms with E-state index in [1.807, 2.05) is 6.07 Å². The highest BCUT2D eigenvalue weighted by Crippen LogP contribution is 2.30. The summed E-state index contributed by atoms with van der Waals surface area (Å²) in [6.07, 6.45) is 0.870. The SMILES string of the molecule is CCc1cc(C(=O)OC)c(NC(=S)N2CCN(c3ccc(C)cc3)C(C)C2)s1. The van der Waals surface area contributed by atoms with Crippen molar-refractivity contribution in [1.82, 2.24) is 4.90 Å². The van der Waals surface area contributed by atoms with E-state index in [9.17, 15) is 4.79 Å². The highest BCUT2D eigenvalue weighted by atomic mass is 32.1. The number of thiocarbonyl (C=S) groups is 1. The van der Waals surface area contributed by atoms with E-state index in [0.29, 0.717) is 16.7 Å². The number of esters is 1. The summed E-state index contributed by atoms with van der Waals surface area (Å²) in [6, 6.07) is 10.9. The Morgan fingerprint density at radius 3 is 2.64 bits per heavy atom. The average Bonchev–Trinajstić information content (AvgIpc) is 3.11. The summed E-state index contributed by atoms with van der Waals surface area (Å²) in [4.78, 5) is 17.8. The molecular formula is C21H27N3O2S2. The van der Waals surface area contributed by atoms with Crippen LogP contribution in [0.4, 0.5) is 10.7 Å². The van der Waals surface area contributed by atoms with Gasteiger partial charge in [-0.2, -0.15) is 0 Å². The maximum atomic E-state index is 12.1. The number of ether oxygens (including phenoxy) is 1. The van der Waals surface area contributed by atoms with Crippen LogP contribution in [0.25, 0.3) is 0 Å². The standard InChI is InChI=1S/C21H27N3O2S2/c1-5-17-12-18(20(25)26-4)19(28-17)22-21(27)23-10-11-24(15(3)13-23)16-8-6-14(2)7-9-16/h6-9,12,15H,5,10-11,13H2,1-4H3,(H,22,27). The topological polar surface area (TPSA) is 44.8 Å². The summed E-state index contributed by atoms with van der Waals surface area (Å²) >= 11 is 7.22. The van der Waals surface area contributed by atoms with Gasteiger partial charge in [0.1, 0.15) is 5.00 Å². The van der Waals surface area contributed by atoms with Gasteiger partial charge >= 0.3 is 5.97 Å². The van der Waals surface area contributed by atoms with Crippen molar-refractivity contribution in [3.63, 3.8) is 0 Å². The van der Waals surface area contributed by atoms with Crippen molar-refractivity contribution >= 4 is 45.3 Å². The number of aryl methyl sites for hydroxylation is 2. The zero-order valence-corrected chi connectivity index (χ0v) is 18.5. The third kappa shape index (κ3) is 4.47. The molecule has 1 unspecified atom stereocenters. The van der Waals surface area contributed by atoms with Gasteiger partial charge in [-0.05, 0) is 50.7 Å². The lowest BCUT2D eigenvalue weighted by Gasteiger charge is -2.42. The van der Waals surface area contributed by atoms with Crippen LogP contribution in [-0.4, -0.2) is 48.8 Å². The average molecular weight is 418 g/mol. The van der Waals surface area contributed by atoms with E-state index < -0.39 is 0 Å². The number of carbonyl (C=O) groups excluding carboxylic acids is 1. The molecule has 0 radical (unpaired) electrons. The number of rotatable bonds is 4. The van der Waals surface area contributed by atoms with Crippen molar-refractivity contribution in [2.24, 2.45) is 0 Å². The smallest absolute Gasteiger partial charge is 0.340 e. The second-order valence-corrected chi connectivity index (χ2v) is 8.58. The van der Waals surface area contributed by atoms with E-state index in [2.05, 4.69) is 60.2 Å². The molecule has 0 bridgehead atoms. The van der Waals surface area contributed by atoms with E-state index >= 15 is 0 Å². The summed E-state index contributed by atoms with van der Waals surface area (Å²) in [5, 5.41) is 4.71. The lowest BCUT2D eigenvalue weighted by atomic mass is 10.1. The van der Waals surface area contributed by atoms with Crippen LogP contribution in [0.15, 0.2) is 30.3 Å². The molecule has 0 aliphatic carbocycles. The molecule has 1 aromatic heterocycles. The molecule has 0 amide bonds. The predicted octanol–water partition coefficient (Wildman–Crippen LogP) is 4.31. The molecule has 1 aromatic carbocycles. The number of carbonyl (C=O) groups is 1. The minimum absolute atomic E-state index is 0.334. The minimum atomic E-state index is -0.334. The second-order valence-electron chi connectivity index (χ2n) is 7.05. The molecule has 0 spiro atoms. The second kappa shape index (κ2) is 8.92. The maximum absolute atomic E-state index is 12.1. The third-order valence-electron chi connectivity index (χ3n) is 5.04. The van der Waals surface area contributed by atoms with Gasteiger partial charge in [-0.25, -0.2) is 4.79 Å². The van der Waals surface area contributed by atoms with Gasteiger partial charge in [0.2, 0.25) is 0 Å². The summed E-state index contributed by atoms with van der Waals surface area (Å²) in [5.74, 6) is -0.334. The molecule has 28 heavy (non-hydrogen) atoms. The number of nitrogens with one attached hydrogen (secondary N) is 1. The fourth-order valence-corrected chi connectivity index (χ4v) is 4.72. The minimum Gasteiger partial charge on any atom is -0.465 e. The zero-order valence-electron chi connectivity index (χ0n) is 16.8. The Kier molecular flexibility index (Phi) is 6.57. The summed E-state index contributed by atoms with van der Waals surface area (Å²) in [5.41, 5.74) is 3.07. The van der Waals surface area contributed by atoms with Crippen LogP contribution in [0.3, 0.4) is 0 Å². The van der Waals surface area contributed by atoms with Gasteiger partial charge in [0.25, 0.3) is 0 Å². The molecule has 0 saturated carbocycles. The molecule has 150 valence electrons. The van der Waals surface area contributed by atoms with Crippen LogP contribution in [-0.2, 0) is 11.2 Å². The number of nitrogens with zero attached hydrogens (tertiary/aromatic N) is 2. The first-order chi connectivity index (χ1) is 13.4. The Bertz CT molecular complexity index is 848. The number of hydrogen-bond acceptors (Lipinski definition) is 5. The Labute approximate surface area is 176 Å². The Morgan fingerprint density at radius 2 is 2.04 bits per heavy atom. The molecule has 1 atom stereocenters. The molecule has 7 heteroatoms. The van der Waals surface area contributed by atoms with Crippen LogP contribution < -0.4 is 10.2 Å². The van der Waals surface area contributed by atoms with Crippen molar-refractivity contribution in [1.29, 1.82) is 0 Å². The largest absolute Gasteiger partial charge is 0.465 e. The van der Waals surface area contributed by atoms with E-state index in [1.165, 1.54) is 18.4 Å². The maximum Gasteiger partial charge on any atom is 0.340 e. The molecule has 1 N–H and O–H groups in total. The first kappa shape index (κ1) is 20.6. The lowest BCUT2D eigenvalue weighted by molar-refractivity contribution is 0.0602. The zero-order chi connectivity index (χ0) is 20.3. The van der Waals surface area contributed by atoms with Gasteiger partial charge < -0.3 is 19.9 Å². The molecule has 1 aliphatic heterocycles. The molecule has 2 heterocycles. The molecule has 2 aromatic rings. The summed E-state index contributed by atoms with van der Waals surface area (Å²) < 4.78 is 4.91. The molecular weight excluding hydrogens is 390 g/mol. The van der Waals surface area contributed by atoms with Crippen LogP contribution in [0.2, 0.25) is 0 Å². The molecule has 5 nitrogen and oxygen atoms in total. The van der Waals surface area contributed by atoms with Crippen LogP contribution in [0, 0.1) is 6.92 Å². The van der Waals surface area contributed by atoms with Crippen molar-refractivity contribution < 1.29 is 9.53 Å². The van der Waals surface area contributed by atoms with Crippen LogP contribution in [0.5, 0.6) is 0 Å². The highest BCUT2D eigenvalue weighted by Gasteiger charge is 2.26. The lowest BCUT2D eigenvalue weighted by Crippen LogP contribution is -2.54. The van der Waals surface area contributed by atoms with E-state index in [1.54, 1.807) is 11.3 Å². The normalized spacial score (nSPS) is 16.8. The third-order valence-corrected chi connectivity index (χ3v) is 6.59. The van der Waals surface area contributed by atoms with Crippen LogP contribution in [0.1, 0.15) is 34.6 Å². The number of anilines is 2. The number of benzene rings is 1. The predicted molar refractivity (Wildman–Crippen MR) is 121 cm³/mol. The quantitative estimate of drug-likeness (QED) is 0.591. The van der Waals surface area contributed by atoms with Gasteiger partial charge in [-0.3, -0.25) is 0 Å². The van der Waals surface area contributed by atoms with E-state index in [0.717, 1.165) is 35.9 Å². The molecule has 3 rings (SSSR count). The summed E-state index contributed by atoms with van der Waals surface area (Å²) in [6.45, 7) is 8.96. The van der Waals surface area contributed by atoms with Gasteiger partial charge in [0, 0.05) is 36.2 Å².